The molecule has 1 fully saturated rings. The lowest BCUT2D eigenvalue weighted by Gasteiger charge is -2.36. The molecule has 4 heteroatoms. The topological polar surface area (TPSA) is 40.5 Å². The first-order chi connectivity index (χ1) is 5.93. The van der Waals surface area contributed by atoms with E-state index in [1.165, 1.54) is 0 Å². The van der Waals surface area contributed by atoms with Crippen molar-refractivity contribution in [1.29, 1.82) is 0 Å². The summed E-state index contributed by atoms with van der Waals surface area (Å²) in [5.41, 5.74) is -1.23. The predicted octanol–water partition coefficient (Wildman–Crippen LogP) is 0.721. The number of rotatable bonds is 1. The smallest absolute Gasteiger partial charge is 0.254 e. The molecule has 0 aromatic rings. The number of hydrogen-bond donors (Lipinski definition) is 1. The van der Waals surface area contributed by atoms with Crippen LogP contribution in [0.4, 0.5) is 0 Å². The lowest BCUT2D eigenvalue weighted by Crippen LogP contribution is -2.52. The van der Waals surface area contributed by atoms with Gasteiger partial charge in [-0.1, -0.05) is 0 Å². The van der Waals surface area contributed by atoms with Gasteiger partial charge in [0.15, 0.2) is 0 Å². The molecule has 13 heavy (non-hydrogen) atoms. The Morgan fingerprint density at radius 3 is 2.69 bits per heavy atom. The second kappa shape index (κ2) is 3.88. The van der Waals surface area contributed by atoms with Crippen molar-refractivity contribution in [2.75, 3.05) is 18.1 Å². The minimum atomic E-state index is -1.23. The molecule has 0 aliphatic carbocycles. The predicted molar refractivity (Wildman–Crippen MR) is 54.8 cm³/mol. The van der Waals surface area contributed by atoms with E-state index in [2.05, 4.69) is 0 Å². The Balaban J connectivity index is 2.64. The first-order valence-electron chi connectivity index (χ1n) is 4.54. The number of aliphatic hydroxyl groups is 1. The second-order valence-electron chi connectivity index (χ2n) is 3.98. The van der Waals surface area contributed by atoms with E-state index in [9.17, 15) is 9.90 Å². The van der Waals surface area contributed by atoms with E-state index in [1.54, 1.807) is 18.7 Å². The van der Waals surface area contributed by atoms with Crippen LogP contribution in [-0.4, -0.2) is 45.6 Å². The van der Waals surface area contributed by atoms with Crippen LogP contribution >= 0.6 is 11.8 Å². The lowest BCUT2D eigenvalue weighted by atomic mass is 10.1. The average molecular weight is 203 g/mol. The van der Waals surface area contributed by atoms with Crippen LogP contribution < -0.4 is 0 Å². The summed E-state index contributed by atoms with van der Waals surface area (Å²) in [5, 5.41) is 9.56. The highest BCUT2D eigenvalue weighted by molar-refractivity contribution is 7.99. The summed E-state index contributed by atoms with van der Waals surface area (Å²) in [7, 11) is 0. The van der Waals surface area contributed by atoms with E-state index < -0.39 is 5.60 Å². The molecule has 1 amide bonds. The van der Waals surface area contributed by atoms with Crippen LogP contribution in [0.3, 0.4) is 0 Å². The largest absolute Gasteiger partial charge is 0.381 e. The van der Waals surface area contributed by atoms with Crippen molar-refractivity contribution in [3.63, 3.8) is 0 Å². The quantitative estimate of drug-likeness (QED) is 0.682. The maximum absolute atomic E-state index is 11.7. The fraction of sp³-hybridized carbons (Fsp3) is 0.889. The van der Waals surface area contributed by atoms with Crippen LogP contribution in [0.5, 0.6) is 0 Å². The van der Waals surface area contributed by atoms with Crippen LogP contribution in [0.15, 0.2) is 0 Å². The third kappa shape index (κ3) is 2.61. The molecule has 1 aliphatic rings. The number of amides is 1. The molecule has 1 atom stereocenters. The standard InChI is InChI=1S/C9H17NO2S/c1-7-6-13-5-4-10(7)8(11)9(2,3)12/h7,12H,4-6H2,1-3H3. The molecule has 1 heterocycles. The van der Waals surface area contributed by atoms with E-state index >= 15 is 0 Å². The Morgan fingerprint density at radius 2 is 2.23 bits per heavy atom. The van der Waals surface area contributed by atoms with Gasteiger partial charge in [0.25, 0.3) is 5.91 Å². The molecule has 0 spiro atoms. The summed E-state index contributed by atoms with van der Waals surface area (Å²) in [5.74, 6) is 1.80. The van der Waals surface area contributed by atoms with Gasteiger partial charge in [0.1, 0.15) is 5.60 Å². The summed E-state index contributed by atoms with van der Waals surface area (Å²) in [6.07, 6.45) is 0. The van der Waals surface area contributed by atoms with Gasteiger partial charge in [0.05, 0.1) is 0 Å². The summed E-state index contributed by atoms with van der Waals surface area (Å²) in [4.78, 5) is 13.5. The van der Waals surface area contributed by atoms with Gasteiger partial charge in [0.2, 0.25) is 0 Å². The SMILES string of the molecule is CC1CSCCN1C(=O)C(C)(C)O. The number of nitrogens with zero attached hydrogens (tertiary/aromatic N) is 1. The molecule has 76 valence electrons. The zero-order valence-electron chi connectivity index (χ0n) is 8.41. The monoisotopic (exact) mass is 203 g/mol. The number of thioether (sulfide) groups is 1. The van der Waals surface area contributed by atoms with E-state index in [1.807, 2.05) is 18.7 Å². The highest BCUT2D eigenvalue weighted by atomic mass is 32.2. The average Bonchev–Trinajstić information content (AvgIpc) is 2.02. The fourth-order valence-corrected chi connectivity index (χ4v) is 2.39. The maximum atomic E-state index is 11.7. The van der Waals surface area contributed by atoms with Crippen molar-refractivity contribution in [2.45, 2.75) is 32.4 Å². The second-order valence-corrected chi connectivity index (χ2v) is 5.13. The van der Waals surface area contributed by atoms with Crippen LogP contribution in [-0.2, 0) is 4.79 Å². The molecule has 1 N–H and O–H groups in total. The summed E-state index contributed by atoms with van der Waals surface area (Å²) in [6, 6.07) is 0.248. The molecule has 0 radical (unpaired) electrons. The first kappa shape index (κ1) is 10.9. The van der Waals surface area contributed by atoms with Gasteiger partial charge in [-0.05, 0) is 20.8 Å². The Kier molecular flexibility index (Phi) is 3.24. The Bertz CT molecular complexity index is 200. The molecule has 1 aliphatic heterocycles. The van der Waals surface area contributed by atoms with Crippen molar-refractivity contribution in [3.05, 3.63) is 0 Å². The summed E-state index contributed by atoms with van der Waals surface area (Å²) >= 11 is 1.86. The molecule has 1 unspecified atom stereocenters. The Labute approximate surface area is 83.5 Å². The van der Waals surface area contributed by atoms with Crippen molar-refractivity contribution in [3.8, 4) is 0 Å². The highest BCUT2D eigenvalue weighted by Crippen LogP contribution is 2.19. The third-order valence-electron chi connectivity index (χ3n) is 2.15. The van der Waals surface area contributed by atoms with E-state index in [4.69, 9.17) is 0 Å². The molecular weight excluding hydrogens is 186 g/mol. The molecule has 3 nitrogen and oxygen atoms in total. The Morgan fingerprint density at radius 1 is 1.62 bits per heavy atom. The van der Waals surface area contributed by atoms with Gasteiger partial charge >= 0.3 is 0 Å². The zero-order valence-corrected chi connectivity index (χ0v) is 9.23. The van der Waals surface area contributed by atoms with Crippen LogP contribution in [0.25, 0.3) is 0 Å². The number of carbonyl (C=O) groups excluding carboxylic acids is 1. The van der Waals surface area contributed by atoms with Gasteiger partial charge in [-0.25, -0.2) is 0 Å². The van der Waals surface area contributed by atoms with Gasteiger partial charge < -0.3 is 10.0 Å². The first-order valence-corrected chi connectivity index (χ1v) is 5.69. The van der Waals surface area contributed by atoms with Crippen LogP contribution in [0, 0.1) is 0 Å². The van der Waals surface area contributed by atoms with E-state index in [0.29, 0.717) is 0 Å². The molecule has 0 aromatic heterocycles. The zero-order chi connectivity index (χ0) is 10.1. The minimum absolute atomic E-state index is 0.152. The van der Waals surface area contributed by atoms with Crippen molar-refractivity contribution in [2.24, 2.45) is 0 Å². The minimum Gasteiger partial charge on any atom is -0.381 e. The van der Waals surface area contributed by atoms with E-state index in [0.717, 1.165) is 18.1 Å². The van der Waals surface area contributed by atoms with Gasteiger partial charge in [-0.15, -0.1) is 0 Å². The molecule has 1 saturated heterocycles. The maximum Gasteiger partial charge on any atom is 0.254 e. The normalized spacial score (nSPS) is 24.6. The number of carbonyl (C=O) groups is 1. The molecule has 1 rings (SSSR count). The molecular formula is C9H17NO2S. The van der Waals surface area contributed by atoms with Crippen molar-refractivity contribution in [1.82, 2.24) is 4.90 Å². The van der Waals surface area contributed by atoms with Gasteiger partial charge in [-0.3, -0.25) is 4.79 Å². The van der Waals surface area contributed by atoms with Crippen LogP contribution in [0.2, 0.25) is 0 Å². The van der Waals surface area contributed by atoms with Crippen molar-refractivity contribution < 1.29 is 9.90 Å². The fourth-order valence-electron chi connectivity index (χ4n) is 1.38. The summed E-state index contributed by atoms with van der Waals surface area (Å²) < 4.78 is 0. The third-order valence-corrected chi connectivity index (χ3v) is 3.34. The Hall–Kier alpha value is -0.220. The van der Waals surface area contributed by atoms with E-state index in [-0.39, 0.29) is 11.9 Å². The number of hydrogen-bond acceptors (Lipinski definition) is 3. The van der Waals surface area contributed by atoms with Gasteiger partial charge in [-0.2, -0.15) is 11.8 Å². The summed E-state index contributed by atoms with van der Waals surface area (Å²) in [6.45, 7) is 5.87. The van der Waals surface area contributed by atoms with Crippen molar-refractivity contribution >= 4 is 17.7 Å². The lowest BCUT2D eigenvalue weighted by molar-refractivity contribution is -0.149. The van der Waals surface area contributed by atoms with Crippen LogP contribution in [0.1, 0.15) is 20.8 Å². The molecule has 0 aromatic carbocycles. The molecule has 0 saturated carbocycles. The molecule has 0 bridgehead atoms. The van der Waals surface area contributed by atoms with Gasteiger partial charge in [0, 0.05) is 24.1 Å². The highest BCUT2D eigenvalue weighted by Gasteiger charge is 2.33.